The molecule has 3 rings (SSSR count). The second kappa shape index (κ2) is 5.23. The number of rotatable bonds is 2. The summed E-state index contributed by atoms with van der Waals surface area (Å²) in [5.41, 5.74) is 11.1. The Morgan fingerprint density at radius 1 is 1.20 bits per heavy atom. The van der Waals surface area contributed by atoms with Crippen LogP contribution < -0.4 is 5.73 Å². The molecular formula is C17H21N3. The van der Waals surface area contributed by atoms with Crippen LogP contribution >= 0.6 is 0 Å². The molecule has 1 aromatic heterocycles. The van der Waals surface area contributed by atoms with Crippen molar-refractivity contribution < 1.29 is 0 Å². The highest BCUT2D eigenvalue weighted by Gasteiger charge is 2.23. The minimum Gasteiger partial charge on any atom is -0.383 e. The molecule has 1 heterocycles. The number of hydrogen-bond acceptors (Lipinski definition) is 3. The van der Waals surface area contributed by atoms with Gasteiger partial charge < -0.3 is 5.73 Å². The first-order valence-corrected chi connectivity index (χ1v) is 7.38. The fourth-order valence-corrected chi connectivity index (χ4v) is 3.18. The average molecular weight is 267 g/mol. The molecule has 0 saturated heterocycles. The summed E-state index contributed by atoms with van der Waals surface area (Å²) in [7, 11) is 0. The van der Waals surface area contributed by atoms with Gasteiger partial charge in [0.2, 0.25) is 0 Å². The molecule has 2 N–H and O–H groups in total. The van der Waals surface area contributed by atoms with E-state index in [4.69, 9.17) is 10.7 Å². The quantitative estimate of drug-likeness (QED) is 0.909. The molecule has 1 aliphatic carbocycles. The molecule has 0 aliphatic heterocycles. The molecule has 1 unspecified atom stereocenters. The summed E-state index contributed by atoms with van der Waals surface area (Å²) in [5, 5.41) is 0. The lowest BCUT2D eigenvalue weighted by Crippen LogP contribution is -2.17. The summed E-state index contributed by atoms with van der Waals surface area (Å²) in [6.07, 6.45) is 4.14. The fourth-order valence-electron chi connectivity index (χ4n) is 3.18. The molecule has 1 aliphatic rings. The van der Waals surface area contributed by atoms with Gasteiger partial charge in [0.25, 0.3) is 0 Å². The molecule has 3 heteroatoms. The van der Waals surface area contributed by atoms with E-state index in [0.717, 1.165) is 42.8 Å². The summed E-state index contributed by atoms with van der Waals surface area (Å²) in [6.45, 7) is 4.13. The SMILES string of the molecule is CCc1c(C)nc(C2CCc3ccccc3C2)nc1N. The zero-order chi connectivity index (χ0) is 14.1. The topological polar surface area (TPSA) is 51.8 Å². The molecule has 0 amide bonds. The first-order chi connectivity index (χ1) is 9.69. The fraction of sp³-hybridized carbons (Fsp3) is 0.412. The highest BCUT2D eigenvalue weighted by Crippen LogP contribution is 2.31. The molecule has 2 aromatic rings. The Bertz CT molecular complexity index is 611. The van der Waals surface area contributed by atoms with Crippen LogP contribution in [0.25, 0.3) is 0 Å². The molecule has 0 spiro atoms. The van der Waals surface area contributed by atoms with Crippen LogP contribution in [-0.4, -0.2) is 9.97 Å². The van der Waals surface area contributed by atoms with Gasteiger partial charge in [0.15, 0.2) is 0 Å². The Morgan fingerprint density at radius 2 is 1.95 bits per heavy atom. The van der Waals surface area contributed by atoms with Crippen molar-refractivity contribution in [2.75, 3.05) is 5.73 Å². The van der Waals surface area contributed by atoms with Crippen LogP contribution in [0.15, 0.2) is 24.3 Å². The van der Waals surface area contributed by atoms with Gasteiger partial charge in [0, 0.05) is 17.2 Å². The Balaban J connectivity index is 1.92. The molecular weight excluding hydrogens is 246 g/mol. The van der Waals surface area contributed by atoms with Crippen LogP contribution in [0.2, 0.25) is 0 Å². The average Bonchev–Trinajstić information content (AvgIpc) is 2.46. The zero-order valence-electron chi connectivity index (χ0n) is 12.2. The van der Waals surface area contributed by atoms with Gasteiger partial charge in [-0.25, -0.2) is 9.97 Å². The van der Waals surface area contributed by atoms with Crippen LogP contribution in [0.4, 0.5) is 5.82 Å². The molecule has 1 atom stereocenters. The van der Waals surface area contributed by atoms with Crippen LogP contribution in [0.3, 0.4) is 0 Å². The highest BCUT2D eigenvalue weighted by molar-refractivity contribution is 5.42. The maximum absolute atomic E-state index is 6.08. The van der Waals surface area contributed by atoms with Crippen molar-refractivity contribution in [1.29, 1.82) is 0 Å². The number of fused-ring (bicyclic) bond motifs is 1. The summed E-state index contributed by atoms with van der Waals surface area (Å²) in [5.74, 6) is 1.98. The second-order valence-corrected chi connectivity index (χ2v) is 5.59. The highest BCUT2D eigenvalue weighted by atomic mass is 15.0. The number of nitrogen functional groups attached to an aromatic ring is 1. The van der Waals surface area contributed by atoms with Gasteiger partial charge >= 0.3 is 0 Å². The minimum atomic E-state index is 0.400. The Hall–Kier alpha value is -1.90. The summed E-state index contributed by atoms with van der Waals surface area (Å²) in [6, 6.07) is 8.68. The largest absolute Gasteiger partial charge is 0.383 e. The normalized spacial score (nSPS) is 17.8. The van der Waals surface area contributed by atoms with Crippen molar-refractivity contribution in [3.8, 4) is 0 Å². The number of nitrogens with zero attached hydrogens (tertiary/aromatic N) is 2. The number of nitrogens with two attached hydrogens (primary N) is 1. The van der Waals surface area contributed by atoms with Gasteiger partial charge in [0.1, 0.15) is 11.6 Å². The van der Waals surface area contributed by atoms with Crippen LogP contribution in [0, 0.1) is 6.92 Å². The van der Waals surface area contributed by atoms with E-state index in [2.05, 4.69) is 36.2 Å². The Labute approximate surface area is 120 Å². The maximum Gasteiger partial charge on any atom is 0.134 e. The van der Waals surface area contributed by atoms with Crippen molar-refractivity contribution in [2.45, 2.75) is 45.4 Å². The molecule has 0 radical (unpaired) electrons. The summed E-state index contributed by atoms with van der Waals surface area (Å²) in [4.78, 5) is 9.28. The molecule has 0 bridgehead atoms. The van der Waals surface area contributed by atoms with Crippen molar-refractivity contribution in [3.05, 3.63) is 52.5 Å². The van der Waals surface area contributed by atoms with Gasteiger partial charge in [-0.15, -0.1) is 0 Å². The molecule has 1 aromatic carbocycles. The van der Waals surface area contributed by atoms with E-state index in [0.29, 0.717) is 11.7 Å². The Morgan fingerprint density at radius 3 is 2.65 bits per heavy atom. The maximum atomic E-state index is 6.08. The lowest BCUT2D eigenvalue weighted by Gasteiger charge is -2.24. The van der Waals surface area contributed by atoms with E-state index in [1.165, 1.54) is 11.1 Å². The molecule has 0 fully saturated rings. The predicted molar refractivity (Wildman–Crippen MR) is 81.8 cm³/mol. The van der Waals surface area contributed by atoms with E-state index in [1.54, 1.807) is 0 Å². The standard InChI is InChI=1S/C17H21N3/c1-3-15-11(2)19-17(20-16(15)18)14-9-8-12-6-4-5-7-13(12)10-14/h4-7,14H,3,8-10H2,1-2H3,(H2,18,19,20). The Kier molecular flexibility index (Phi) is 3.43. The van der Waals surface area contributed by atoms with Crippen molar-refractivity contribution in [2.24, 2.45) is 0 Å². The van der Waals surface area contributed by atoms with E-state index < -0.39 is 0 Å². The lowest BCUT2D eigenvalue weighted by molar-refractivity contribution is 0.553. The minimum absolute atomic E-state index is 0.400. The van der Waals surface area contributed by atoms with Gasteiger partial charge in [-0.1, -0.05) is 31.2 Å². The third-order valence-electron chi connectivity index (χ3n) is 4.33. The van der Waals surface area contributed by atoms with E-state index in [-0.39, 0.29) is 0 Å². The molecule has 3 nitrogen and oxygen atoms in total. The molecule has 0 saturated carbocycles. The van der Waals surface area contributed by atoms with Gasteiger partial charge in [-0.2, -0.15) is 0 Å². The number of anilines is 1. The third kappa shape index (κ3) is 2.28. The number of hydrogen-bond donors (Lipinski definition) is 1. The predicted octanol–water partition coefficient (Wildman–Crippen LogP) is 3.20. The number of aryl methyl sites for hydroxylation is 2. The third-order valence-corrected chi connectivity index (χ3v) is 4.33. The molecule has 20 heavy (non-hydrogen) atoms. The van der Waals surface area contributed by atoms with Gasteiger partial charge in [-0.05, 0) is 43.7 Å². The van der Waals surface area contributed by atoms with Crippen LogP contribution in [-0.2, 0) is 19.3 Å². The van der Waals surface area contributed by atoms with Crippen molar-refractivity contribution in [1.82, 2.24) is 9.97 Å². The second-order valence-electron chi connectivity index (χ2n) is 5.59. The van der Waals surface area contributed by atoms with Crippen molar-refractivity contribution in [3.63, 3.8) is 0 Å². The van der Waals surface area contributed by atoms with Crippen LogP contribution in [0.1, 0.15) is 47.5 Å². The number of aromatic nitrogens is 2. The summed E-state index contributed by atoms with van der Waals surface area (Å²) >= 11 is 0. The van der Waals surface area contributed by atoms with E-state index in [1.807, 2.05) is 6.92 Å². The monoisotopic (exact) mass is 267 g/mol. The van der Waals surface area contributed by atoms with Crippen LogP contribution in [0.5, 0.6) is 0 Å². The van der Waals surface area contributed by atoms with E-state index in [9.17, 15) is 0 Å². The summed E-state index contributed by atoms with van der Waals surface area (Å²) < 4.78 is 0. The zero-order valence-corrected chi connectivity index (χ0v) is 12.2. The molecule has 104 valence electrons. The van der Waals surface area contributed by atoms with Gasteiger partial charge in [-0.3, -0.25) is 0 Å². The number of benzene rings is 1. The lowest BCUT2D eigenvalue weighted by atomic mass is 9.83. The van der Waals surface area contributed by atoms with E-state index >= 15 is 0 Å². The first-order valence-electron chi connectivity index (χ1n) is 7.38. The first kappa shape index (κ1) is 13.1. The smallest absolute Gasteiger partial charge is 0.134 e. The van der Waals surface area contributed by atoms with Gasteiger partial charge in [0.05, 0.1) is 0 Å². The van der Waals surface area contributed by atoms with Crippen molar-refractivity contribution >= 4 is 5.82 Å².